The van der Waals surface area contributed by atoms with Crippen molar-refractivity contribution >= 4 is 17.5 Å². The highest BCUT2D eigenvalue weighted by atomic mass is 35.5. The van der Waals surface area contributed by atoms with Crippen LogP contribution in [0.15, 0.2) is 35.9 Å². The molecular weight excluding hydrogens is 254 g/mol. The van der Waals surface area contributed by atoms with E-state index in [1.54, 1.807) is 24.3 Å². The third-order valence-corrected chi connectivity index (χ3v) is 2.30. The molecule has 0 radical (unpaired) electrons. The Labute approximate surface area is 108 Å². The average molecular weight is 264 g/mol. The molecule has 2 N–H and O–H groups in total. The van der Waals surface area contributed by atoms with Gasteiger partial charge < -0.3 is 5.32 Å². The number of carbonyl (C=O) groups excluding carboxylic acids is 1. The molecule has 1 heterocycles. The molecule has 0 aliphatic rings. The SMILES string of the molecule is C=C(Cl)CNC(=O)c1cccc(-c2nn[nH]n2)c1. The summed E-state index contributed by atoms with van der Waals surface area (Å²) < 4.78 is 0. The maximum atomic E-state index is 11.8. The minimum Gasteiger partial charge on any atom is -0.347 e. The number of hydrogen-bond donors (Lipinski definition) is 2. The number of nitrogens with zero attached hydrogens (tertiary/aromatic N) is 3. The van der Waals surface area contributed by atoms with E-state index in [0.717, 1.165) is 0 Å². The number of amides is 1. The van der Waals surface area contributed by atoms with Gasteiger partial charge in [0, 0.05) is 16.2 Å². The van der Waals surface area contributed by atoms with Gasteiger partial charge in [-0.1, -0.05) is 30.3 Å². The molecule has 0 unspecified atom stereocenters. The number of halogens is 1. The van der Waals surface area contributed by atoms with Gasteiger partial charge in [0.25, 0.3) is 5.91 Å². The van der Waals surface area contributed by atoms with Gasteiger partial charge >= 0.3 is 0 Å². The molecular formula is C11H10ClN5O. The van der Waals surface area contributed by atoms with E-state index in [0.29, 0.717) is 22.0 Å². The molecule has 0 fully saturated rings. The molecule has 18 heavy (non-hydrogen) atoms. The lowest BCUT2D eigenvalue weighted by atomic mass is 10.1. The Balaban J connectivity index is 2.17. The number of rotatable bonds is 4. The van der Waals surface area contributed by atoms with Crippen LogP contribution in [-0.4, -0.2) is 33.1 Å². The van der Waals surface area contributed by atoms with Gasteiger partial charge in [0.1, 0.15) is 0 Å². The van der Waals surface area contributed by atoms with Gasteiger partial charge in [-0.25, -0.2) is 0 Å². The summed E-state index contributed by atoms with van der Waals surface area (Å²) >= 11 is 5.58. The molecule has 0 bridgehead atoms. The second-order valence-electron chi connectivity index (χ2n) is 3.52. The van der Waals surface area contributed by atoms with Crippen LogP contribution >= 0.6 is 11.6 Å². The van der Waals surface area contributed by atoms with E-state index in [4.69, 9.17) is 11.6 Å². The second kappa shape index (κ2) is 5.42. The third-order valence-electron chi connectivity index (χ3n) is 2.17. The van der Waals surface area contributed by atoms with Crippen LogP contribution in [-0.2, 0) is 0 Å². The molecule has 0 aliphatic carbocycles. The van der Waals surface area contributed by atoms with Crippen molar-refractivity contribution in [2.75, 3.05) is 6.54 Å². The van der Waals surface area contributed by atoms with Crippen molar-refractivity contribution in [2.45, 2.75) is 0 Å². The minimum atomic E-state index is -0.234. The highest BCUT2D eigenvalue weighted by Crippen LogP contribution is 2.14. The van der Waals surface area contributed by atoms with Crippen LogP contribution in [0.25, 0.3) is 11.4 Å². The van der Waals surface area contributed by atoms with Crippen LogP contribution in [0.1, 0.15) is 10.4 Å². The minimum absolute atomic E-state index is 0.229. The van der Waals surface area contributed by atoms with Crippen molar-refractivity contribution in [1.29, 1.82) is 0 Å². The maximum Gasteiger partial charge on any atom is 0.251 e. The summed E-state index contributed by atoms with van der Waals surface area (Å²) in [4.78, 5) is 11.8. The van der Waals surface area contributed by atoms with Crippen LogP contribution < -0.4 is 5.32 Å². The molecule has 6 nitrogen and oxygen atoms in total. The highest BCUT2D eigenvalue weighted by Gasteiger charge is 2.08. The van der Waals surface area contributed by atoms with E-state index in [9.17, 15) is 4.79 Å². The van der Waals surface area contributed by atoms with Gasteiger partial charge in [0.05, 0.1) is 6.54 Å². The molecule has 0 spiro atoms. The van der Waals surface area contributed by atoms with Gasteiger partial charge in [0.15, 0.2) is 0 Å². The van der Waals surface area contributed by atoms with Gasteiger partial charge in [0.2, 0.25) is 5.82 Å². The van der Waals surface area contributed by atoms with Crippen molar-refractivity contribution in [1.82, 2.24) is 25.9 Å². The van der Waals surface area contributed by atoms with E-state index >= 15 is 0 Å². The zero-order valence-electron chi connectivity index (χ0n) is 9.35. The van der Waals surface area contributed by atoms with Crippen LogP contribution in [0.3, 0.4) is 0 Å². The zero-order valence-corrected chi connectivity index (χ0v) is 10.1. The Morgan fingerprint density at radius 1 is 1.50 bits per heavy atom. The molecule has 7 heteroatoms. The Kier molecular flexibility index (Phi) is 3.69. The first-order chi connectivity index (χ1) is 8.66. The third kappa shape index (κ3) is 2.92. The number of benzene rings is 1. The standard InChI is InChI=1S/C11H10ClN5O/c1-7(12)6-13-11(18)9-4-2-3-8(5-9)10-14-16-17-15-10/h2-5H,1,6H2,(H,13,18)(H,14,15,16,17). The van der Waals surface area contributed by atoms with Crippen molar-refractivity contribution in [2.24, 2.45) is 0 Å². The smallest absolute Gasteiger partial charge is 0.251 e. The average Bonchev–Trinajstić information content (AvgIpc) is 2.90. The summed E-state index contributed by atoms with van der Waals surface area (Å²) in [6, 6.07) is 6.91. The largest absolute Gasteiger partial charge is 0.347 e. The molecule has 92 valence electrons. The maximum absolute atomic E-state index is 11.8. The van der Waals surface area contributed by atoms with Gasteiger partial charge in [-0.15, -0.1) is 10.2 Å². The molecule has 0 aliphatic heterocycles. The molecule has 2 rings (SSSR count). The van der Waals surface area contributed by atoms with Crippen LogP contribution in [0.2, 0.25) is 0 Å². The quantitative estimate of drug-likeness (QED) is 0.872. The molecule has 0 atom stereocenters. The van der Waals surface area contributed by atoms with Crippen LogP contribution in [0.4, 0.5) is 0 Å². The topological polar surface area (TPSA) is 83.6 Å². The fourth-order valence-corrected chi connectivity index (χ4v) is 1.43. The highest BCUT2D eigenvalue weighted by molar-refractivity contribution is 6.29. The van der Waals surface area contributed by atoms with Crippen molar-refractivity contribution < 1.29 is 4.79 Å². The Morgan fingerprint density at radius 3 is 3.00 bits per heavy atom. The van der Waals surface area contributed by atoms with Gasteiger partial charge in [-0.2, -0.15) is 5.21 Å². The van der Waals surface area contributed by atoms with Crippen molar-refractivity contribution in [3.63, 3.8) is 0 Å². The van der Waals surface area contributed by atoms with E-state index in [-0.39, 0.29) is 12.5 Å². The molecule has 0 saturated heterocycles. The van der Waals surface area contributed by atoms with Crippen LogP contribution in [0, 0.1) is 0 Å². The molecule has 2 aromatic rings. The number of nitrogens with one attached hydrogen (secondary N) is 2. The van der Waals surface area contributed by atoms with Crippen LogP contribution in [0.5, 0.6) is 0 Å². The predicted octanol–water partition coefficient (Wildman–Crippen LogP) is 1.35. The van der Waals surface area contributed by atoms with E-state index in [1.807, 2.05) is 0 Å². The molecule has 1 aromatic heterocycles. The summed E-state index contributed by atoms with van der Waals surface area (Å²) in [5.41, 5.74) is 1.20. The predicted molar refractivity (Wildman–Crippen MR) is 66.9 cm³/mol. The number of H-pyrrole nitrogens is 1. The lowest BCUT2D eigenvalue weighted by Gasteiger charge is -2.04. The number of aromatic nitrogens is 4. The lowest BCUT2D eigenvalue weighted by Crippen LogP contribution is -2.24. The van der Waals surface area contributed by atoms with E-state index < -0.39 is 0 Å². The van der Waals surface area contributed by atoms with Crippen molar-refractivity contribution in [3.8, 4) is 11.4 Å². The lowest BCUT2D eigenvalue weighted by molar-refractivity contribution is 0.0957. The van der Waals surface area contributed by atoms with Gasteiger partial charge in [-0.3, -0.25) is 4.79 Å². The first-order valence-corrected chi connectivity index (χ1v) is 5.50. The van der Waals surface area contributed by atoms with E-state index in [2.05, 4.69) is 32.5 Å². The number of hydrogen-bond acceptors (Lipinski definition) is 4. The molecule has 1 aromatic carbocycles. The summed E-state index contributed by atoms with van der Waals surface area (Å²) in [5, 5.41) is 16.5. The first-order valence-electron chi connectivity index (χ1n) is 5.12. The monoisotopic (exact) mass is 263 g/mol. The van der Waals surface area contributed by atoms with Gasteiger partial charge in [-0.05, 0) is 17.3 Å². The summed E-state index contributed by atoms with van der Waals surface area (Å²) in [6.07, 6.45) is 0. The number of carbonyl (C=O) groups is 1. The Morgan fingerprint density at radius 2 is 2.33 bits per heavy atom. The summed E-state index contributed by atoms with van der Waals surface area (Å²) in [5.74, 6) is 0.202. The number of tetrazole rings is 1. The first kappa shape index (κ1) is 12.3. The Bertz CT molecular complexity index is 567. The zero-order chi connectivity index (χ0) is 13.0. The van der Waals surface area contributed by atoms with Crippen molar-refractivity contribution in [3.05, 3.63) is 41.4 Å². The Hall–Kier alpha value is -2.21. The second-order valence-corrected chi connectivity index (χ2v) is 4.05. The number of aromatic amines is 1. The molecule has 0 saturated carbocycles. The van der Waals surface area contributed by atoms with E-state index in [1.165, 1.54) is 0 Å². The fraction of sp³-hybridized carbons (Fsp3) is 0.0909. The summed E-state index contributed by atoms with van der Waals surface area (Å²) in [7, 11) is 0. The fourth-order valence-electron chi connectivity index (χ4n) is 1.36. The molecule has 1 amide bonds. The summed E-state index contributed by atoms with van der Waals surface area (Å²) in [6.45, 7) is 3.73. The normalized spacial score (nSPS) is 10.1.